The fourth-order valence-electron chi connectivity index (χ4n) is 3.98. The van der Waals surface area contributed by atoms with E-state index in [1.807, 2.05) is 0 Å². The van der Waals surface area contributed by atoms with Crippen molar-refractivity contribution in [2.75, 3.05) is 11.1 Å². The van der Waals surface area contributed by atoms with E-state index >= 15 is 0 Å². The number of rotatable bonds is 7. The summed E-state index contributed by atoms with van der Waals surface area (Å²) in [5.74, 6) is -0.593. The maximum Gasteiger partial charge on any atom is 0.423 e. The molecule has 0 saturated heterocycles. The van der Waals surface area contributed by atoms with Crippen LogP contribution in [0.25, 0.3) is 22.0 Å². The minimum Gasteiger partial charge on any atom is -0.382 e. The number of nitrogens with one attached hydrogen (secondary N) is 2. The van der Waals surface area contributed by atoms with Crippen LogP contribution in [-0.4, -0.2) is 25.8 Å². The fourth-order valence-corrected chi connectivity index (χ4v) is 4.09. The van der Waals surface area contributed by atoms with Crippen molar-refractivity contribution in [1.82, 2.24) is 19.7 Å². The largest absolute Gasteiger partial charge is 0.423 e. The number of hydrogen-bond acceptors (Lipinski definition) is 6. The monoisotopic (exact) mass is 536 g/mol. The topological polar surface area (TPSA) is 119 Å². The summed E-state index contributed by atoms with van der Waals surface area (Å²) in [6, 6.07) is 6.88. The molecule has 13 heteroatoms. The molecule has 4 aromatic rings. The third-order valence-electron chi connectivity index (χ3n) is 5.79. The second-order valence-corrected chi connectivity index (χ2v) is 8.88. The van der Waals surface area contributed by atoms with Crippen molar-refractivity contribution in [2.45, 2.75) is 38.5 Å². The van der Waals surface area contributed by atoms with E-state index in [2.05, 4.69) is 15.4 Å². The second kappa shape index (κ2) is 10.2. The first kappa shape index (κ1) is 26.1. The Morgan fingerprint density at radius 2 is 1.97 bits per heavy atom. The molecule has 0 aliphatic rings. The number of fused-ring (bicyclic) bond motifs is 1. The molecule has 0 bridgehead atoms. The molecule has 0 amide bonds. The Bertz CT molecular complexity index is 1580. The van der Waals surface area contributed by atoms with E-state index in [4.69, 9.17) is 17.3 Å². The van der Waals surface area contributed by atoms with Crippen molar-refractivity contribution >= 4 is 33.9 Å². The second-order valence-electron chi connectivity index (χ2n) is 8.47. The van der Waals surface area contributed by atoms with E-state index in [0.29, 0.717) is 18.2 Å². The number of aryl methyl sites for hydroxylation is 1. The van der Waals surface area contributed by atoms with Gasteiger partial charge >= 0.3 is 6.18 Å². The zero-order valence-electron chi connectivity index (χ0n) is 19.4. The van der Waals surface area contributed by atoms with E-state index in [9.17, 15) is 27.2 Å². The zero-order chi connectivity index (χ0) is 26.9. The van der Waals surface area contributed by atoms with Crippen LogP contribution >= 0.6 is 11.6 Å². The summed E-state index contributed by atoms with van der Waals surface area (Å²) in [7, 11) is 0. The van der Waals surface area contributed by atoms with E-state index in [1.165, 1.54) is 22.8 Å². The molecule has 0 aliphatic carbocycles. The van der Waals surface area contributed by atoms with E-state index < -0.39 is 40.4 Å². The van der Waals surface area contributed by atoms with Gasteiger partial charge in [0.05, 0.1) is 28.0 Å². The highest BCUT2D eigenvalue weighted by atomic mass is 35.5. The first-order chi connectivity index (χ1) is 17.5. The zero-order valence-corrected chi connectivity index (χ0v) is 20.1. The lowest BCUT2D eigenvalue weighted by atomic mass is 10.0. The van der Waals surface area contributed by atoms with Crippen LogP contribution < -0.4 is 22.2 Å². The van der Waals surface area contributed by atoms with Crippen molar-refractivity contribution in [3.63, 3.8) is 0 Å². The maximum atomic E-state index is 14.9. The highest BCUT2D eigenvalue weighted by molar-refractivity contribution is 6.32. The number of H-pyrrole nitrogens is 1. The van der Waals surface area contributed by atoms with Gasteiger partial charge < -0.3 is 15.6 Å². The molecular formula is C24H21ClF4N6O2. The first-order valence-electron chi connectivity index (χ1n) is 11.1. The quantitative estimate of drug-likeness (QED) is 0.291. The number of halogens is 5. The minimum atomic E-state index is -4.84. The molecular weight excluding hydrogens is 516 g/mol. The molecule has 0 saturated carbocycles. The summed E-state index contributed by atoms with van der Waals surface area (Å²) in [5, 5.41) is 8.79. The average molecular weight is 537 g/mol. The Labute approximate surface area is 212 Å². The van der Waals surface area contributed by atoms with Gasteiger partial charge in [0.1, 0.15) is 17.2 Å². The minimum absolute atomic E-state index is 0.0581. The van der Waals surface area contributed by atoms with Crippen molar-refractivity contribution < 1.29 is 17.6 Å². The number of nitrogens with zero attached hydrogens (tertiary/aromatic N) is 3. The molecule has 0 spiro atoms. The fraction of sp³-hybridized carbons (Fsp3) is 0.250. The van der Waals surface area contributed by atoms with Gasteiger partial charge in [0.25, 0.3) is 11.1 Å². The summed E-state index contributed by atoms with van der Waals surface area (Å²) < 4.78 is 55.9. The van der Waals surface area contributed by atoms with Crippen LogP contribution in [0.5, 0.6) is 0 Å². The molecule has 0 aliphatic heterocycles. The number of anilines is 2. The number of hydrogen-bond donors (Lipinski definition) is 3. The molecule has 4 rings (SSSR count). The average Bonchev–Trinajstić information content (AvgIpc) is 2.81. The third-order valence-corrected chi connectivity index (χ3v) is 6.11. The smallest absolute Gasteiger partial charge is 0.382 e. The summed E-state index contributed by atoms with van der Waals surface area (Å²) in [6.07, 6.45) is -1.57. The van der Waals surface area contributed by atoms with Crippen LogP contribution in [0.2, 0.25) is 5.02 Å². The predicted octanol–water partition coefficient (Wildman–Crippen LogP) is 4.82. The number of nitrogens with two attached hydrogens (primary N) is 1. The summed E-state index contributed by atoms with van der Waals surface area (Å²) >= 11 is 5.88. The number of pyridine rings is 2. The molecule has 4 N–H and O–H groups in total. The van der Waals surface area contributed by atoms with Crippen LogP contribution in [0.15, 0.2) is 52.3 Å². The van der Waals surface area contributed by atoms with Crippen molar-refractivity contribution in [3.05, 3.63) is 79.8 Å². The number of aromatic amines is 1. The van der Waals surface area contributed by atoms with Gasteiger partial charge in [-0.3, -0.25) is 9.59 Å². The molecule has 3 aromatic heterocycles. The molecule has 1 aromatic carbocycles. The molecule has 1 atom stereocenters. The van der Waals surface area contributed by atoms with Crippen LogP contribution in [0.3, 0.4) is 0 Å². The van der Waals surface area contributed by atoms with Crippen molar-refractivity contribution in [3.8, 4) is 11.3 Å². The Hall–Kier alpha value is -3.93. The standard InChI is InChI=1S/C24H21ClF4N6O2/c1-12(32-19-11-31-34-22(36)20(19)24(27,28)29)3-2-7-35-8-6-13-9-15(17(26)10-14(13)23(35)37)18-5-4-16(25)21(30)33-18/h4-6,8-12H,2-3,7H2,1H3,(H2,30,33)(H2,32,34,36)/t12-/m0/s1. The van der Waals surface area contributed by atoms with Crippen LogP contribution in [-0.2, 0) is 12.7 Å². The molecule has 3 heterocycles. The third kappa shape index (κ3) is 5.58. The van der Waals surface area contributed by atoms with Gasteiger partial charge in [0, 0.05) is 24.3 Å². The molecule has 37 heavy (non-hydrogen) atoms. The van der Waals surface area contributed by atoms with Gasteiger partial charge in [-0.05, 0) is 55.5 Å². The molecule has 194 valence electrons. The SMILES string of the molecule is C[C@@H](CCCn1ccc2cc(-c3ccc(Cl)c(N)n3)c(F)cc2c1=O)Nc1cn[nH]c(=O)c1C(F)(F)F. The van der Waals surface area contributed by atoms with Crippen LogP contribution in [0, 0.1) is 5.82 Å². The summed E-state index contributed by atoms with van der Waals surface area (Å²) in [5.41, 5.74) is 2.64. The number of alkyl halides is 3. The van der Waals surface area contributed by atoms with Gasteiger partial charge in [-0.1, -0.05) is 11.6 Å². The van der Waals surface area contributed by atoms with Crippen molar-refractivity contribution in [1.29, 1.82) is 0 Å². The van der Waals surface area contributed by atoms with E-state index in [1.54, 1.807) is 24.3 Å². The molecule has 0 radical (unpaired) electrons. The normalized spacial score (nSPS) is 12.6. The maximum absolute atomic E-state index is 14.9. The first-order valence-corrected chi connectivity index (χ1v) is 11.5. The van der Waals surface area contributed by atoms with Gasteiger partial charge in [-0.2, -0.15) is 18.3 Å². The number of benzene rings is 1. The lowest BCUT2D eigenvalue weighted by Crippen LogP contribution is -2.27. The highest BCUT2D eigenvalue weighted by Crippen LogP contribution is 2.32. The lowest BCUT2D eigenvalue weighted by molar-refractivity contribution is -0.138. The summed E-state index contributed by atoms with van der Waals surface area (Å²) in [6.45, 7) is 1.90. The van der Waals surface area contributed by atoms with Crippen LogP contribution in [0.4, 0.5) is 29.1 Å². The predicted molar refractivity (Wildman–Crippen MR) is 133 cm³/mol. The van der Waals surface area contributed by atoms with Crippen molar-refractivity contribution in [2.24, 2.45) is 0 Å². The van der Waals surface area contributed by atoms with Gasteiger partial charge in [0.2, 0.25) is 0 Å². The molecule has 8 nitrogen and oxygen atoms in total. The lowest BCUT2D eigenvalue weighted by Gasteiger charge is -2.18. The van der Waals surface area contributed by atoms with Crippen LogP contribution in [0.1, 0.15) is 25.3 Å². The van der Waals surface area contributed by atoms with Gasteiger partial charge in [-0.15, -0.1) is 0 Å². The Balaban J connectivity index is 1.48. The number of aromatic nitrogens is 4. The molecule has 0 unspecified atom stereocenters. The highest BCUT2D eigenvalue weighted by Gasteiger charge is 2.37. The Morgan fingerprint density at radius 1 is 1.22 bits per heavy atom. The summed E-state index contributed by atoms with van der Waals surface area (Å²) in [4.78, 5) is 28.6. The Kier molecular flexibility index (Phi) is 7.21. The van der Waals surface area contributed by atoms with E-state index in [0.717, 1.165) is 12.3 Å². The van der Waals surface area contributed by atoms with Gasteiger partial charge in [0.15, 0.2) is 0 Å². The van der Waals surface area contributed by atoms with E-state index in [-0.39, 0.29) is 34.0 Å². The number of nitrogen functional groups attached to an aromatic ring is 1. The molecule has 0 fully saturated rings. The van der Waals surface area contributed by atoms with Gasteiger partial charge in [-0.25, -0.2) is 14.5 Å². The Morgan fingerprint density at radius 3 is 2.68 bits per heavy atom.